The zero-order valence-electron chi connectivity index (χ0n) is 20.7. The Kier molecular flexibility index (Phi) is 18.0. The maximum absolute atomic E-state index is 13.8. The van der Waals surface area contributed by atoms with Gasteiger partial charge in [-0.1, -0.05) is 119 Å². The Morgan fingerprint density at radius 1 is 0.897 bits per heavy atom. The number of unbranched alkanes of at least 4 members (excludes halogenated alkanes) is 6. The van der Waals surface area contributed by atoms with E-state index in [1.807, 2.05) is 33.8 Å². The van der Waals surface area contributed by atoms with Crippen molar-refractivity contribution in [3.8, 4) is 0 Å². The molecule has 0 unspecified atom stereocenters. The lowest BCUT2D eigenvalue weighted by Crippen LogP contribution is -2.23. The molecule has 0 amide bonds. The van der Waals surface area contributed by atoms with Gasteiger partial charge in [-0.25, -0.2) is 4.39 Å². The van der Waals surface area contributed by atoms with Crippen LogP contribution in [0.4, 0.5) is 4.39 Å². The van der Waals surface area contributed by atoms with Crippen molar-refractivity contribution in [2.75, 3.05) is 0 Å². The first-order valence-electron chi connectivity index (χ1n) is 12.0. The van der Waals surface area contributed by atoms with Crippen LogP contribution in [-0.2, 0) is 0 Å². The van der Waals surface area contributed by atoms with Crippen LogP contribution < -0.4 is 0 Å². The first-order chi connectivity index (χ1) is 13.9. The van der Waals surface area contributed by atoms with Gasteiger partial charge in [0.2, 0.25) is 0 Å². The van der Waals surface area contributed by atoms with E-state index in [9.17, 15) is 4.39 Å². The zero-order chi connectivity index (χ0) is 22.9. The molecule has 1 aliphatic carbocycles. The molecule has 0 atom stereocenters. The van der Waals surface area contributed by atoms with Gasteiger partial charge in [0.1, 0.15) is 5.83 Å². The van der Waals surface area contributed by atoms with Crippen molar-refractivity contribution < 1.29 is 4.39 Å². The van der Waals surface area contributed by atoms with E-state index in [1.165, 1.54) is 49.7 Å². The highest BCUT2D eigenvalue weighted by Crippen LogP contribution is 2.56. The summed E-state index contributed by atoms with van der Waals surface area (Å²) in [6.07, 6.45) is 15.5. The Morgan fingerprint density at radius 3 is 1.69 bits per heavy atom. The lowest BCUT2D eigenvalue weighted by Gasteiger charge is -2.34. The molecule has 0 saturated heterocycles. The number of halogens is 1. The van der Waals surface area contributed by atoms with Crippen molar-refractivity contribution in [1.82, 2.24) is 0 Å². The average molecular weight is 405 g/mol. The fourth-order valence-corrected chi connectivity index (χ4v) is 4.26. The first kappa shape index (κ1) is 29.8. The van der Waals surface area contributed by atoms with E-state index in [0.717, 1.165) is 36.8 Å². The molecule has 0 spiro atoms. The van der Waals surface area contributed by atoms with Gasteiger partial charge in [0.15, 0.2) is 0 Å². The van der Waals surface area contributed by atoms with Crippen molar-refractivity contribution >= 4 is 0 Å². The third kappa shape index (κ3) is 8.89. The Bertz CT molecular complexity index is 533. The highest BCUT2D eigenvalue weighted by Gasteiger charge is 2.43. The van der Waals surface area contributed by atoms with Gasteiger partial charge in [0.05, 0.1) is 0 Å². The van der Waals surface area contributed by atoms with Crippen LogP contribution in [0.25, 0.3) is 0 Å². The summed E-state index contributed by atoms with van der Waals surface area (Å²) in [4.78, 5) is 0. The van der Waals surface area contributed by atoms with Crippen LogP contribution in [0.2, 0.25) is 0 Å². The standard InChI is InChI=1S/C24H37F.2C2H6/c1-7-10-12-14-16-24(17-15-13-11-8-2)22(9-3)20(5)21(6)23(24)18-19(4)25;2*1-2/h9,18H,3-4,6-8,10-17H2,1-2,5H3;2*1-2H3/b23-18+;;. The van der Waals surface area contributed by atoms with Gasteiger partial charge in [0.25, 0.3) is 0 Å². The molecule has 0 N–H and O–H groups in total. The van der Waals surface area contributed by atoms with Crippen molar-refractivity contribution in [2.45, 2.75) is 113 Å². The summed E-state index contributed by atoms with van der Waals surface area (Å²) in [5, 5.41) is 0. The predicted octanol–water partition coefficient (Wildman–Crippen LogP) is 10.4. The Labute approximate surface area is 182 Å². The smallest absolute Gasteiger partial charge is 0.116 e. The molecule has 0 aromatic rings. The molecule has 168 valence electrons. The van der Waals surface area contributed by atoms with Crippen molar-refractivity contribution in [2.24, 2.45) is 5.41 Å². The number of allylic oxidation sites excluding steroid dienone is 7. The minimum absolute atomic E-state index is 0.126. The van der Waals surface area contributed by atoms with E-state index in [0.29, 0.717) is 0 Å². The fraction of sp³-hybridized carbons (Fsp3) is 0.643. The molecule has 0 radical (unpaired) electrons. The van der Waals surface area contributed by atoms with Crippen LogP contribution >= 0.6 is 0 Å². The fourth-order valence-electron chi connectivity index (χ4n) is 4.26. The van der Waals surface area contributed by atoms with Crippen LogP contribution in [0.5, 0.6) is 0 Å². The maximum Gasteiger partial charge on any atom is 0.116 e. The van der Waals surface area contributed by atoms with Crippen LogP contribution in [0.15, 0.2) is 60.0 Å². The van der Waals surface area contributed by atoms with Gasteiger partial charge in [0, 0.05) is 5.41 Å². The van der Waals surface area contributed by atoms with Crippen LogP contribution in [-0.4, -0.2) is 0 Å². The molecule has 0 saturated carbocycles. The van der Waals surface area contributed by atoms with Crippen LogP contribution in [0.3, 0.4) is 0 Å². The first-order valence-corrected chi connectivity index (χ1v) is 12.0. The van der Waals surface area contributed by atoms with Crippen molar-refractivity contribution in [3.63, 3.8) is 0 Å². The van der Waals surface area contributed by atoms with Gasteiger partial charge in [-0.2, -0.15) is 0 Å². The summed E-state index contributed by atoms with van der Waals surface area (Å²) in [5.74, 6) is -0.374. The largest absolute Gasteiger partial charge is 0.208 e. The Morgan fingerprint density at radius 2 is 1.34 bits per heavy atom. The van der Waals surface area contributed by atoms with E-state index in [4.69, 9.17) is 0 Å². The van der Waals surface area contributed by atoms with Gasteiger partial charge in [-0.05, 0) is 48.1 Å². The summed E-state index contributed by atoms with van der Waals surface area (Å²) in [5.41, 5.74) is 4.32. The predicted molar refractivity (Wildman–Crippen MR) is 133 cm³/mol. The van der Waals surface area contributed by atoms with E-state index in [2.05, 4.69) is 40.5 Å². The lowest BCUT2D eigenvalue weighted by molar-refractivity contribution is 0.349. The summed E-state index contributed by atoms with van der Waals surface area (Å²) < 4.78 is 13.8. The topological polar surface area (TPSA) is 0 Å². The van der Waals surface area contributed by atoms with E-state index < -0.39 is 0 Å². The molecule has 0 bridgehead atoms. The molecule has 0 aliphatic heterocycles. The molecular weight excluding hydrogens is 355 g/mol. The summed E-state index contributed by atoms with van der Waals surface area (Å²) in [7, 11) is 0. The quantitative estimate of drug-likeness (QED) is 0.284. The number of hydrogen-bond acceptors (Lipinski definition) is 0. The van der Waals surface area contributed by atoms with Crippen LogP contribution in [0, 0.1) is 5.41 Å². The molecule has 0 nitrogen and oxygen atoms in total. The molecule has 0 fully saturated rings. The van der Waals surface area contributed by atoms with E-state index in [-0.39, 0.29) is 11.2 Å². The Hall–Kier alpha value is -1.37. The second-order valence-electron chi connectivity index (χ2n) is 7.43. The monoisotopic (exact) mass is 404 g/mol. The van der Waals surface area contributed by atoms with Crippen molar-refractivity contribution in [1.29, 1.82) is 0 Å². The normalized spacial score (nSPS) is 16.1. The Balaban J connectivity index is 0. The molecule has 1 heteroatoms. The van der Waals surface area contributed by atoms with Gasteiger partial charge in [-0.15, -0.1) is 0 Å². The number of rotatable bonds is 12. The van der Waals surface area contributed by atoms with E-state index in [1.54, 1.807) is 6.08 Å². The molecule has 0 heterocycles. The molecule has 0 aromatic carbocycles. The highest BCUT2D eigenvalue weighted by atomic mass is 19.1. The number of hydrogen-bond donors (Lipinski definition) is 0. The third-order valence-electron chi connectivity index (χ3n) is 5.63. The summed E-state index contributed by atoms with van der Waals surface area (Å²) >= 11 is 0. The average Bonchev–Trinajstić information content (AvgIpc) is 2.92. The molecule has 1 rings (SSSR count). The van der Waals surface area contributed by atoms with Crippen molar-refractivity contribution in [3.05, 3.63) is 60.0 Å². The third-order valence-corrected chi connectivity index (χ3v) is 5.63. The second-order valence-corrected chi connectivity index (χ2v) is 7.43. The molecular formula is C28H49F. The summed E-state index contributed by atoms with van der Waals surface area (Å²) in [6.45, 7) is 26.4. The lowest BCUT2D eigenvalue weighted by atomic mass is 9.69. The second kappa shape index (κ2) is 17.5. The SMILES string of the molecule is C=CC1=C(C)C(=C)/C(=C\C(=C)F)C1(CCCCCC)CCCCCC.CC.CC. The van der Waals surface area contributed by atoms with Gasteiger partial charge >= 0.3 is 0 Å². The van der Waals surface area contributed by atoms with E-state index >= 15 is 0 Å². The van der Waals surface area contributed by atoms with Gasteiger partial charge in [-0.3, -0.25) is 0 Å². The van der Waals surface area contributed by atoms with Crippen LogP contribution in [0.1, 0.15) is 113 Å². The molecule has 29 heavy (non-hydrogen) atoms. The minimum Gasteiger partial charge on any atom is -0.208 e. The highest BCUT2D eigenvalue weighted by molar-refractivity contribution is 5.64. The molecule has 0 aromatic heterocycles. The maximum atomic E-state index is 13.8. The summed E-state index contributed by atoms with van der Waals surface area (Å²) in [6, 6.07) is 0. The zero-order valence-corrected chi connectivity index (χ0v) is 20.7. The minimum atomic E-state index is -0.374. The molecule has 1 aliphatic rings. The van der Waals surface area contributed by atoms with Gasteiger partial charge < -0.3 is 0 Å².